The molecular weight excluding hydrogens is 139 g/mol. The van der Waals surface area contributed by atoms with E-state index in [1.54, 1.807) is 6.92 Å². The van der Waals surface area contributed by atoms with E-state index in [4.69, 9.17) is 0 Å². The maximum atomic E-state index is 13.5. The van der Waals surface area contributed by atoms with Crippen molar-refractivity contribution in [2.75, 3.05) is 0 Å². The number of alkyl halides is 1. The third-order valence-corrected chi connectivity index (χ3v) is 3.09. The lowest BCUT2D eigenvalue weighted by atomic mass is 9.65. The van der Waals surface area contributed by atoms with E-state index in [1.807, 2.05) is 6.92 Å². The molecule has 1 unspecified atom stereocenters. The second kappa shape index (κ2) is 2.76. The molecule has 1 fully saturated rings. The average Bonchev–Trinajstić information content (AvgIpc) is 1.84. The molecule has 0 heterocycles. The van der Waals surface area contributed by atoms with Crippen LogP contribution in [0.4, 0.5) is 4.39 Å². The van der Waals surface area contributed by atoms with Crippen LogP contribution in [0.15, 0.2) is 0 Å². The highest BCUT2D eigenvalue weighted by atomic mass is 19.1. The van der Waals surface area contributed by atoms with Gasteiger partial charge in [-0.3, -0.25) is 0 Å². The maximum Gasteiger partial charge on any atom is 0.108 e. The topological polar surface area (TPSA) is 0 Å². The van der Waals surface area contributed by atoms with Crippen LogP contribution in [0.25, 0.3) is 0 Å². The molecule has 0 bridgehead atoms. The zero-order valence-corrected chi connectivity index (χ0v) is 7.91. The molecule has 0 radical (unpaired) electrons. The lowest BCUT2D eigenvalue weighted by molar-refractivity contribution is 0.0436. The third-order valence-electron chi connectivity index (χ3n) is 3.09. The normalized spacial score (nSPS) is 27.3. The van der Waals surface area contributed by atoms with Gasteiger partial charge in [0.1, 0.15) is 5.67 Å². The molecule has 1 rings (SSSR count). The summed E-state index contributed by atoms with van der Waals surface area (Å²) < 4.78 is 13.5. The summed E-state index contributed by atoms with van der Waals surface area (Å²) >= 11 is 0. The summed E-state index contributed by atoms with van der Waals surface area (Å²) in [6, 6.07) is 0. The van der Waals surface area contributed by atoms with E-state index >= 15 is 0 Å². The first kappa shape index (κ1) is 9.02. The first-order chi connectivity index (χ1) is 4.97. The van der Waals surface area contributed by atoms with E-state index < -0.39 is 5.67 Å². The Morgan fingerprint density at radius 2 is 2.00 bits per heavy atom. The lowest BCUT2D eigenvalue weighted by Gasteiger charge is -2.42. The fourth-order valence-corrected chi connectivity index (χ4v) is 1.97. The largest absolute Gasteiger partial charge is 0.244 e. The van der Waals surface area contributed by atoms with Gasteiger partial charge in [-0.15, -0.1) is 0 Å². The van der Waals surface area contributed by atoms with Crippen LogP contribution in [0.5, 0.6) is 0 Å². The average molecular weight is 158 g/mol. The minimum Gasteiger partial charge on any atom is -0.244 e. The molecule has 0 aromatic carbocycles. The molecule has 0 spiro atoms. The van der Waals surface area contributed by atoms with Crippen LogP contribution in [-0.2, 0) is 0 Å². The summed E-state index contributed by atoms with van der Waals surface area (Å²) in [5, 5.41) is 0. The van der Waals surface area contributed by atoms with Crippen molar-refractivity contribution in [3.63, 3.8) is 0 Å². The zero-order chi connectivity index (χ0) is 8.54. The molecule has 0 amide bonds. The lowest BCUT2D eigenvalue weighted by Crippen LogP contribution is -2.34. The number of hydrogen-bond acceptors (Lipinski definition) is 0. The van der Waals surface area contributed by atoms with Gasteiger partial charge >= 0.3 is 0 Å². The second-order valence-electron chi connectivity index (χ2n) is 4.61. The highest BCUT2D eigenvalue weighted by Gasteiger charge is 2.38. The molecule has 0 aliphatic heterocycles. The van der Waals surface area contributed by atoms with E-state index in [2.05, 4.69) is 6.92 Å². The van der Waals surface area contributed by atoms with Crippen LogP contribution in [0, 0.1) is 5.41 Å². The van der Waals surface area contributed by atoms with Gasteiger partial charge in [-0.1, -0.05) is 20.3 Å². The molecular formula is C10H19F. The number of hydrogen-bond donors (Lipinski definition) is 0. The zero-order valence-electron chi connectivity index (χ0n) is 7.91. The molecule has 0 saturated heterocycles. The molecule has 0 nitrogen and oxygen atoms in total. The van der Waals surface area contributed by atoms with Gasteiger partial charge in [-0.25, -0.2) is 4.39 Å². The Hall–Kier alpha value is -0.0700. The predicted molar refractivity (Wildman–Crippen MR) is 46.4 cm³/mol. The van der Waals surface area contributed by atoms with Gasteiger partial charge < -0.3 is 0 Å². The van der Waals surface area contributed by atoms with Crippen molar-refractivity contribution in [2.24, 2.45) is 5.41 Å². The van der Waals surface area contributed by atoms with Crippen LogP contribution in [0.3, 0.4) is 0 Å². The maximum absolute atomic E-state index is 13.5. The standard InChI is InChI=1S/C10H19F/c1-4-10(3,11)8-9(2)6-5-7-9/h4-8H2,1-3H3. The Kier molecular flexibility index (Phi) is 2.27. The fraction of sp³-hybridized carbons (Fsp3) is 1.00. The SMILES string of the molecule is CCC(C)(F)CC1(C)CCC1. The molecule has 1 aliphatic rings. The van der Waals surface area contributed by atoms with Crippen LogP contribution in [0.2, 0.25) is 0 Å². The Bertz CT molecular complexity index is 124. The molecule has 0 aromatic heterocycles. The van der Waals surface area contributed by atoms with Gasteiger partial charge in [0.05, 0.1) is 0 Å². The Balaban J connectivity index is 2.40. The Labute approximate surface area is 69.2 Å². The van der Waals surface area contributed by atoms with Crippen LogP contribution >= 0.6 is 0 Å². The summed E-state index contributed by atoms with van der Waals surface area (Å²) in [7, 11) is 0. The number of halogens is 1. The predicted octanol–water partition coefficient (Wildman–Crippen LogP) is 3.70. The smallest absolute Gasteiger partial charge is 0.108 e. The van der Waals surface area contributed by atoms with Gasteiger partial charge in [0.15, 0.2) is 0 Å². The van der Waals surface area contributed by atoms with Crippen molar-refractivity contribution in [2.45, 2.75) is 58.5 Å². The van der Waals surface area contributed by atoms with E-state index in [1.165, 1.54) is 19.3 Å². The van der Waals surface area contributed by atoms with Crippen LogP contribution in [0.1, 0.15) is 52.9 Å². The van der Waals surface area contributed by atoms with Crippen molar-refractivity contribution in [1.29, 1.82) is 0 Å². The fourth-order valence-electron chi connectivity index (χ4n) is 1.97. The quantitative estimate of drug-likeness (QED) is 0.587. The van der Waals surface area contributed by atoms with Gasteiger partial charge in [0.2, 0.25) is 0 Å². The van der Waals surface area contributed by atoms with Crippen molar-refractivity contribution < 1.29 is 4.39 Å². The minimum absolute atomic E-state index is 0.333. The molecule has 0 N–H and O–H groups in total. The van der Waals surface area contributed by atoms with Crippen LogP contribution in [-0.4, -0.2) is 5.67 Å². The molecule has 0 aromatic rings. The third kappa shape index (κ3) is 2.18. The van der Waals surface area contributed by atoms with Crippen molar-refractivity contribution in [3.05, 3.63) is 0 Å². The minimum atomic E-state index is -0.921. The monoisotopic (exact) mass is 158 g/mol. The first-order valence-corrected chi connectivity index (χ1v) is 4.66. The van der Waals surface area contributed by atoms with Gasteiger partial charge in [-0.05, 0) is 38.0 Å². The second-order valence-corrected chi connectivity index (χ2v) is 4.61. The molecule has 1 aliphatic carbocycles. The van der Waals surface area contributed by atoms with Crippen molar-refractivity contribution in [3.8, 4) is 0 Å². The molecule has 66 valence electrons. The summed E-state index contributed by atoms with van der Waals surface area (Å²) in [4.78, 5) is 0. The summed E-state index contributed by atoms with van der Waals surface area (Å²) in [6.45, 7) is 5.88. The first-order valence-electron chi connectivity index (χ1n) is 4.66. The Morgan fingerprint density at radius 1 is 1.45 bits per heavy atom. The van der Waals surface area contributed by atoms with Crippen LogP contribution < -0.4 is 0 Å². The van der Waals surface area contributed by atoms with E-state index in [0.717, 1.165) is 6.42 Å². The van der Waals surface area contributed by atoms with Gasteiger partial charge in [-0.2, -0.15) is 0 Å². The highest BCUT2D eigenvalue weighted by Crippen LogP contribution is 2.47. The van der Waals surface area contributed by atoms with Gasteiger partial charge in [0, 0.05) is 0 Å². The molecule has 11 heavy (non-hydrogen) atoms. The molecule has 1 atom stereocenters. The van der Waals surface area contributed by atoms with Gasteiger partial charge in [0.25, 0.3) is 0 Å². The molecule has 1 saturated carbocycles. The molecule has 1 heteroatoms. The van der Waals surface area contributed by atoms with E-state index in [-0.39, 0.29) is 0 Å². The summed E-state index contributed by atoms with van der Waals surface area (Å²) in [5.41, 5.74) is -0.589. The van der Waals surface area contributed by atoms with E-state index in [0.29, 0.717) is 11.8 Å². The summed E-state index contributed by atoms with van der Waals surface area (Å²) in [6.07, 6.45) is 5.18. The highest BCUT2D eigenvalue weighted by molar-refractivity contribution is 4.89. The Morgan fingerprint density at radius 3 is 2.27 bits per heavy atom. The van der Waals surface area contributed by atoms with Crippen molar-refractivity contribution in [1.82, 2.24) is 0 Å². The number of rotatable bonds is 3. The summed E-state index contributed by atoms with van der Waals surface area (Å²) in [5.74, 6) is 0. The van der Waals surface area contributed by atoms with Crippen molar-refractivity contribution >= 4 is 0 Å². The van der Waals surface area contributed by atoms with E-state index in [9.17, 15) is 4.39 Å².